The number of hydrogen-bond donors (Lipinski definition) is 3. The number of carbonyl (C=O) groups excluding carboxylic acids is 2. The molecule has 1 fully saturated rings. The average Bonchev–Trinajstić information content (AvgIpc) is 3.30. The number of nitrogens with zero attached hydrogens (tertiary/aromatic N) is 4. The van der Waals surface area contributed by atoms with Crippen molar-refractivity contribution in [2.75, 3.05) is 55.1 Å². The van der Waals surface area contributed by atoms with E-state index in [0.717, 1.165) is 25.2 Å². The molecule has 0 bridgehead atoms. The van der Waals surface area contributed by atoms with E-state index in [1.54, 1.807) is 33.1 Å². The molecule has 4 rings (SSSR count). The van der Waals surface area contributed by atoms with Gasteiger partial charge in [0, 0.05) is 49.7 Å². The van der Waals surface area contributed by atoms with Crippen molar-refractivity contribution in [1.29, 1.82) is 0 Å². The number of carbonyl (C=O) groups is 2. The predicted molar refractivity (Wildman–Crippen MR) is 175 cm³/mol. The van der Waals surface area contributed by atoms with Gasteiger partial charge in [0.15, 0.2) is 0 Å². The molecule has 1 saturated heterocycles. The first-order valence-corrected chi connectivity index (χ1v) is 14.8. The predicted octanol–water partition coefficient (Wildman–Crippen LogP) is 6.07. The first-order valence-electron chi connectivity index (χ1n) is 14.4. The summed E-state index contributed by atoms with van der Waals surface area (Å²) in [6.07, 6.45) is 3.83. The van der Waals surface area contributed by atoms with E-state index in [9.17, 15) is 14.0 Å². The van der Waals surface area contributed by atoms with E-state index in [-0.39, 0.29) is 16.9 Å². The highest BCUT2D eigenvalue weighted by atomic mass is 35.5. The molecule has 1 amide bonds. The first kappa shape index (κ1) is 33.5. The third-order valence-corrected chi connectivity index (χ3v) is 8.06. The van der Waals surface area contributed by atoms with E-state index >= 15 is 0 Å². The SMILES string of the molecule is C=CC(=O)Nc1cc(Nc2nccc(Nc3cc(Cl)c(F)cc3C(C)(C)OC=O)n2)c(OC)cc1N(C)C[C@H]1C[C@H](C)CN1C. The fourth-order valence-corrected chi connectivity index (χ4v) is 5.67. The molecular weight excluding hydrogens is 601 g/mol. The molecule has 1 aliphatic heterocycles. The summed E-state index contributed by atoms with van der Waals surface area (Å²) in [6, 6.07) is 8.20. The van der Waals surface area contributed by atoms with Crippen LogP contribution >= 0.6 is 11.6 Å². The smallest absolute Gasteiger partial charge is 0.293 e. The van der Waals surface area contributed by atoms with Crippen molar-refractivity contribution in [3.63, 3.8) is 0 Å². The van der Waals surface area contributed by atoms with Crippen molar-refractivity contribution in [3.05, 3.63) is 65.6 Å². The summed E-state index contributed by atoms with van der Waals surface area (Å²) in [5.41, 5.74) is 1.41. The largest absolute Gasteiger partial charge is 0.494 e. The second-order valence-corrected chi connectivity index (χ2v) is 12.0. The van der Waals surface area contributed by atoms with Crippen LogP contribution in [0.2, 0.25) is 5.02 Å². The number of likely N-dealkylation sites (tertiary alicyclic amines) is 1. The number of hydrogen-bond acceptors (Lipinski definition) is 10. The lowest BCUT2D eigenvalue weighted by Crippen LogP contribution is -2.37. The molecule has 0 unspecified atom stereocenters. The highest BCUT2D eigenvalue weighted by Gasteiger charge is 2.29. The summed E-state index contributed by atoms with van der Waals surface area (Å²) in [4.78, 5) is 36.9. The van der Waals surface area contributed by atoms with Crippen molar-refractivity contribution in [3.8, 4) is 5.75 Å². The number of methoxy groups -OCH3 is 1. The molecule has 1 aliphatic rings. The van der Waals surface area contributed by atoms with Crippen LogP contribution in [0.25, 0.3) is 0 Å². The summed E-state index contributed by atoms with van der Waals surface area (Å²) in [7, 11) is 5.67. The minimum Gasteiger partial charge on any atom is -0.494 e. The Balaban J connectivity index is 1.65. The van der Waals surface area contributed by atoms with E-state index in [1.807, 2.05) is 13.1 Å². The number of amides is 1. The molecule has 0 saturated carbocycles. The van der Waals surface area contributed by atoms with Gasteiger partial charge in [0.1, 0.15) is 23.0 Å². The molecule has 3 aromatic rings. The minimum atomic E-state index is -1.16. The van der Waals surface area contributed by atoms with Crippen molar-refractivity contribution in [2.45, 2.75) is 38.8 Å². The van der Waals surface area contributed by atoms with Gasteiger partial charge < -0.3 is 35.2 Å². The van der Waals surface area contributed by atoms with E-state index in [1.165, 1.54) is 24.4 Å². The zero-order valence-electron chi connectivity index (χ0n) is 26.3. The molecular formula is C32H39ClFN7O4. The summed E-state index contributed by atoms with van der Waals surface area (Å²) in [5.74, 6) is 0.663. The van der Waals surface area contributed by atoms with Crippen LogP contribution in [0, 0.1) is 11.7 Å². The van der Waals surface area contributed by atoms with Crippen LogP contribution in [-0.2, 0) is 19.9 Å². The number of anilines is 6. The topological polar surface area (TPSA) is 121 Å². The van der Waals surface area contributed by atoms with Crippen LogP contribution in [0.3, 0.4) is 0 Å². The number of rotatable bonds is 13. The maximum absolute atomic E-state index is 14.4. The number of nitrogens with one attached hydrogen (secondary N) is 3. The van der Waals surface area contributed by atoms with Gasteiger partial charge in [-0.25, -0.2) is 9.37 Å². The monoisotopic (exact) mass is 639 g/mol. The zero-order valence-corrected chi connectivity index (χ0v) is 27.0. The quantitative estimate of drug-likeness (QED) is 0.150. The van der Waals surface area contributed by atoms with Gasteiger partial charge in [-0.3, -0.25) is 9.59 Å². The van der Waals surface area contributed by atoms with E-state index < -0.39 is 11.4 Å². The molecule has 11 nitrogen and oxygen atoms in total. The summed E-state index contributed by atoms with van der Waals surface area (Å²) in [6.45, 7) is 11.2. The lowest BCUT2D eigenvalue weighted by Gasteiger charge is -2.29. The Kier molecular flexibility index (Phi) is 10.5. The molecule has 2 heterocycles. The Morgan fingerprint density at radius 2 is 2.00 bits per heavy atom. The van der Waals surface area contributed by atoms with Gasteiger partial charge in [-0.15, -0.1) is 0 Å². The zero-order chi connectivity index (χ0) is 32.9. The number of ether oxygens (including phenoxy) is 2. The lowest BCUT2D eigenvalue weighted by molar-refractivity contribution is -0.141. The van der Waals surface area contributed by atoms with Gasteiger partial charge in [-0.1, -0.05) is 25.1 Å². The van der Waals surface area contributed by atoms with Gasteiger partial charge in [0.05, 0.1) is 29.2 Å². The molecule has 1 aromatic heterocycles. The van der Waals surface area contributed by atoms with E-state index in [2.05, 4.69) is 56.3 Å². The molecule has 2 atom stereocenters. The molecule has 0 spiro atoms. The summed E-state index contributed by atoms with van der Waals surface area (Å²) >= 11 is 6.08. The van der Waals surface area contributed by atoms with Crippen molar-refractivity contribution in [2.24, 2.45) is 5.92 Å². The maximum atomic E-state index is 14.4. The average molecular weight is 640 g/mol. The molecule has 13 heteroatoms. The van der Waals surface area contributed by atoms with Gasteiger partial charge in [0.25, 0.3) is 6.47 Å². The van der Waals surface area contributed by atoms with Crippen LogP contribution in [0.5, 0.6) is 5.75 Å². The van der Waals surface area contributed by atoms with Crippen molar-refractivity contribution >= 4 is 58.5 Å². The molecule has 240 valence electrons. The number of aromatic nitrogens is 2. The fourth-order valence-electron chi connectivity index (χ4n) is 5.50. The Morgan fingerprint density at radius 1 is 1.24 bits per heavy atom. The first-order chi connectivity index (χ1) is 21.3. The summed E-state index contributed by atoms with van der Waals surface area (Å²) in [5, 5.41) is 9.08. The van der Waals surface area contributed by atoms with Crippen molar-refractivity contribution < 1.29 is 23.5 Å². The Labute approximate surface area is 267 Å². The standard InChI is InChI=1S/C32H39ClFN7O4/c1-8-30(43)37-25-14-26(28(44-7)15-27(25)41(6)17-20-11-19(2)16-40(20)5)38-31-35-10-9-29(39-31)36-24-13-22(33)23(34)12-21(24)32(3,4)45-18-42/h8-10,12-15,18-20H,1,11,16-17H2,2-7H3,(H,37,43)(H2,35,36,38,39)/t19-,20+/m0/s1. The lowest BCUT2D eigenvalue weighted by atomic mass is 9.95. The van der Waals surface area contributed by atoms with E-state index in [4.69, 9.17) is 21.1 Å². The Hall–Kier alpha value is -4.42. The number of likely N-dealkylation sites (N-methyl/N-ethyl adjacent to an activating group) is 2. The molecule has 3 N–H and O–H groups in total. The molecule has 0 radical (unpaired) electrons. The highest BCUT2D eigenvalue weighted by Crippen LogP contribution is 2.39. The van der Waals surface area contributed by atoms with Gasteiger partial charge in [-0.2, -0.15) is 4.98 Å². The van der Waals surface area contributed by atoms with Crippen LogP contribution in [-0.4, -0.2) is 67.6 Å². The van der Waals surface area contributed by atoms with Gasteiger partial charge in [0.2, 0.25) is 11.9 Å². The maximum Gasteiger partial charge on any atom is 0.293 e. The Morgan fingerprint density at radius 3 is 2.64 bits per heavy atom. The van der Waals surface area contributed by atoms with Gasteiger partial charge in [-0.05, 0) is 63.6 Å². The van der Waals surface area contributed by atoms with Crippen LogP contribution in [0.4, 0.5) is 38.9 Å². The number of benzene rings is 2. The minimum absolute atomic E-state index is 0.117. The fraction of sp³-hybridized carbons (Fsp3) is 0.375. The second-order valence-electron chi connectivity index (χ2n) is 11.6. The van der Waals surface area contributed by atoms with Crippen LogP contribution in [0.1, 0.15) is 32.8 Å². The third kappa shape index (κ3) is 8.00. The molecule has 0 aliphatic carbocycles. The third-order valence-electron chi connectivity index (χ3n) is 7.77. The van der Waals surface area contributed by atoms with Crippen LogP contribution in [0.15, 0.2) is 49.2 Å². The normalized spacial score (nSPS) is 16.5. The second kappa shape index (κ2) is 14.1. The summed E-state index contributed by atoms with van der Waals surface area (Å²) < 4.78 is 25.3. The number of halogens is 2. The van der Waals surface area contributed by atoms with E-state index in [0.29, 0.717) is 52.6 Å². The molecule has 2 aromatic carbocycles. The molecule has 45 heavy (non-hydrogen) atoms. The highest BCUT2D eigenvalue weighted by molar-refractivity contribution is 6.31. The van der Waals surface area contributed by atoms with Crippen LogP contribution < -0.4 is 25.6 Å². The van der Waals surface area contributed by atoms with Crippen molar-refractivity contribution in [1.82, 2.24) is 14.9 Å². The van der Waals surface area contributed by atoms with Gasteiger partial charge >= 0.3 is 0 Å². The Bertz CT molecular complexity index is 1570.